The summed E-state index contributed by atoms with van der Waals surface area (Å²) >= 11 is 0. The van der Waals surface area contributed by atoms with Gasteiger partial charge >= 0.3 is 5.97 Å². The van der Waals surface area contributed by atoms with Gasteiger partial charge < -0.3 is 10.0 Å². The molecule has 0 unspecified atom stereocenters. The molecule has 1 aromatic carbocycles. The second kappa shape index (κ2) is 6.32. The number of benzene rings is 1. The van der Waals surface area contributed by atoms with Crippen LogP contribution < -0.4 is 0 Å². The standard InChI is InChI=1S/C15H16FNO3/c16-12-3-1-2-11(10-12)4-7-14(18)17(13-5-6-13)9-8-15(19)20/h1-4,7,10,13H,5-6,8-9H2,(H,19,20)/b7-4+. The maximum absolute atomic E-state index is 13.0. The van der Waals surface area contributed by atoms with E-state index < -0.39 is 5.97 Å². The van der Waals surface area contributed by atoms with E-state index in [1.807, 2.05) is 0 Å². The minimum Gasteiger partial charge on any atom is -0.481 e. The molecule has 1 N–H and O–H groups in total. The van der Waals surface area contributed by atoms with Crippen LogP contribution in [0.15, 0.2) is 30.3 Å². The van der Waals surface area contributed by atoms with E-state index in [0.29, 0.717) is 5.56 Å². The van der Waals surface area contributed by atoms with Crippen molar-refractivity contribution in [1.82, 2.24) is 4.90 Å². The number of aliphatic carboxylic acids is 1. The number of carboxylic acids is 1. The zero-order valence-corrected chi connectivity index (χ0v) is 11.0. The molecule has 5 heteroatoms. The molecule has 1 amide bonds. The van der Waals surface area contributed by atoms with Gasteiger partial charge in [0.2, 0.25) is 5.91 Å². The van der Waals surface area contributed by atoms with Crippen LogP contribution in [0.4, 0.5) is 4.39 Å². The third kappa shape index (κ3) is 4.19. The lowest BCUT2D eigenvalue weighted by Gasteiger charge is -2.19. The van der Waals surface area contributed by atoms with Gasteiger partial charge in [-0.05, 0) is 36.6 Å². The maximum atomic E-state index is 13.0. The molecule has 1 aliphatic rings. The Morgan fingerprint density at radius 1 is 1.40 bits per heavy atom. The summed E-state index contributed by atoms with van der Waals surface area (Å²) in [5.74, 6) is -1.50. The average molecular weight is 277 g/mol. The number of hydrogen-bond donors (Lipinski definition) is 1. The van der Waals surface area contributed by atoms with Gasteiger partial charge in [0.1, 0.15) is 5.82 Å². The highest BCUT2D eigenvalue weighted by Crippen LogP contribution is 2.27. The summed E-state index contributed by atoms with van der Waals surface area (Å²) in [6.07, 6.45) is 4.69. The summed E-state index contributed by atoms with van der Waals surface area (Å²) in [5.41, 5.74) is 0.604. The first kappa shape index (κ1) is 14.2. The van der Waals surface area contributed by atoms with Crippen molar-refractivity contribution < 1.29 is 19.1 Å². The average Bonchev–Trinajstić information content (AvgIpc) is 3.21. The summed E-state index contributed by atoms with van der Waals surface area (Å²) in [5, 5.41) is 8.69. The maximum Gasteiger partial charge on any atom is 0.305 e. The Balaban J connectivity index is 1.99. The molecule has 20 heavy (non-hydrogen) atoms. The van der Waals surface area contributed by atoms with Gasteiger partial charge in [0.05, 0.1) is 6.42 Å². The molecule has 0 spiro atoms. The van der Waals surface area contributed by atoms with Crippen molar-refractivity contribution in [3.05, 3.63) is 41.7 Å². The van der Waals surface area contributed by atoms with Gasteiger partial charge in [0.25, 0.3) is 0 Å². The summed E-state index contributed by atoms with van der Waals surface area (Å²) in [6.45, 7) is 0.215. The lowest BCUT2D eigenvalue weighted by Crippen LogP contribution is -2.33. The quantitative estimate of drug-likeness (QED) is 0.812. The first-order chi connectivity index (χ1) is 9.56. The molecular formula is C15H16FNO3. The lowest BCUT2D eigenvalue weighted by molar-refractivity contribution is -0.138. The van der Waals surface area contributed by atoms with Crippen molar-refractivity contribution in [3.63, 3.8) is 0 Å². The van der Waals surface area contributed by atoms with Crippen molar-refractivity contribution >= 4 is 18.0 Å². The Hall–Kier alpha value is -2.17. The molecule has 1 saturated carbocycles. The highest BCUT2D eigenvalue weighted by molar-refractivity contribution is 5.92. The third-order valence-electron chi connectivity index (χ3n) is 3.10. The second-order valence-corrected chi connectivity index (χ2v) is 4.79. The first-order valence-electron chi connectivity index (χ1n) is 6.52. The van der Waals surface area contributed by atoms with E-state index in [1.54, 1.807) is 23.1 Å². The summed E-state index contributed by atoms with van der Waals surface area (Å²) in [4.78, 5) is 24.2. The lowest BCUT2D eigenvalue weighted by atomic mass is 10.2. The Kier molecular flexibility index (Phi) is 4.50. The monoisotopic (exact) mass is 277 g/mol. The van der Waals surface area contributed by atoms with Gasteiger partial charge in [-0.2, -0.15) is 0 Å². The number of carboxylic acid groups (broad SMARTS) is 1. The SMILES string of the molecule is O=C(O)CCN(C(=O)/C=C/c1cccc(F)c1)C1CC1. The molecule has 106 valence electrons. The van der Waals surface area contributed by atoms with Crippen LogP contribution >= 0.6 is 0 Å². The van der Waals surface area contributed by atoms with Crippen LogP contribution in [0, 0.1) is 5.82 Å². The number of carbonyl (C=O) groups excluding carboxylic acids is 1. The normalized spacial score (nSPS) is 14.4. The van der Waals surface area contributed by atoms with E-state index >= 15 is 0 Å². The predicted molar refractivity (Wildman–Crippen MR) is 72.4 cm³/mol. The highest BCUT2D eigenvalue weighted by atomic mass is 19.1. The van der Waals surface area contributed by atoms with E-state index in [1.165, 1.54) is 18.2 Å². The number of carbonyl (C=O) groups is 2. The number of amides is 1. The molecule has 0 radical (unpaired) electrons. The molecular weight excluding hydrogens is 261 g/mol. The Bertz CT molecular complexity index is 538. The van der Waals surface area contributed by atoms with Crippen LogP contribution in [0.2, 0.25) is 0 Å². The van der Waals surface area contributed by atoms with Crippen LogP contribution in [0.5, 0.6) is 0 Å². The van der Waals surface area contributed by atoms with E-state index in [-0.39, 0.29) is 30.7 Å². The molecule has 1 aliphatic carbocycles. The smallest absolute Gasteiger partial charge is 0.305 e. The van der Waals surface area contributed by atoms with Gasteiger partial charge in [0, 0.05) is 18.7 Å². The Morgan fingerprint density at radius 2 is 2.15 bits per heavy atom. The van der Waals surface area contributed by atoms with Gasteiger partial charge in [-0.1, -0.05) is 12.1 Å². The van der Waals surface area contributed by atoms with Crippen molar-refractivity contribution in [2.45, 2.75) is 25.3 Å². The van der Waals surface area contributed by atoms with E-state index in [4.69, 9.17) is 5.11 Å². The largest absolute Gasteiger partial charge is 0.481 e. The Labute approximate surface area is 116 Å². The molecule has 2 rings (SSSR count). The third-order valence-corrected chi connectivity index (χ3v) is 3.10. The molecule has 0 aromatic heterocycles. The molecule has 0 aliphatic heterocycles. The van der Waals surface area contributed by atoms with Crippen LogP contribution in [-0.4, -0.2) is 34.5 Å². The van der Waals surface area contributed by atoms with Gasteiger partial charge in [-0.15, -0.1) is 0 Å². The second-order valence-electron chi connectivity index (χ2n) is 4.79. The number of halogens is 1. The van der Waals surface area contributed by atoms with E-state index in [0.717, 1.165) is 12.8 Å². The highest BCUT2D eigenvalue weighted by Gasteiger charge is 2.31. The number of rotatable bonds is 6. The van der Waals surface area contributed by atoms with Crippen molar-refractivity contribution in [3.8, 4) is 0 Å². The van der Waals surface area contributed by atoms with Crippen LogP contribution in [0.25, 0.3) is 6.08 Å². The Morgan fingerprint density at radius 3 is 2.75 bits per heavy atom. The van der Waals surface area contributed by atoms with Gasteiger partial charge in [0.15, 0.2) is 0 Å². The predicted octanol–water partition coefficient (Wildman–Crippen LogP) is 2.30. The minimum atomic E-state index is -0.919. The van der Waals surface area contributed by atoms with Crippen LogP contribution in [0.1, 0.15) is 24.8 Å². The molecule has 0 atom stereocenters. The molecule has 1 aromatic rings. The van der Waals surface area contributed by atoms with Crippen LogP contribution in [-0.2, 0) is 9.59 Å². The van der Waals surface area contributed by atoms with Crippen molar-refractivity contribution in [2.24, 2.45) is 0 Å². The fraction of sp³-hybridized carbons (Fsp3) is 0.333. The summed E-state index contributed by atoms with van der Waals surface area (Å²) in [6, 6.07) is 6.10. The molecule has 4 nitrogen and oxygen atoms in total. The zero-order chi connectivity index (χ0) is 14.5. The molecule has 1 fully saturated rings. The van der Waals surface area contributed by atoms with E-state index in [9.17, 15) is 14.0 Å². The number of nitrogens with zero attached hydrogens (tertiary/aromatic N) is 1. The topological polar surface area (TPSA) is 57.6 Å². The first-order valence-corrected chi connectivity index (χ1v) is 6.52. The van der Waals surface area contributed by atoms with Gasteiger partial charge in [-0.25, -0.2) is 4.39 Å². The van der Waals surface area contributed by atoms with Crippen LogP contribution in [0.3, 0.4) is 0 Å². The molecule has 0 saturated heterocycles. The zero-order valence-electron chi connectivity index (χ0n) is 11.0. The summed E-state index contributed by atoms with van der Waals surface area (Å²) in [7, 11) is 0. The van der Waals surface area contributed by atoms with Crippen molar-refractivity contribution in [2.75, 3.05) is 6.54 Å². The number of hydrogen-bond acceptors (Lipinski definition) is 2. The van der Waals surface area contributed by atoms with Gasteiger partial charge in [-0.3, -0.25) is 9.59 Å². The minimum absolute atomic E-state index is 0.0595. The summed E-state index contributed by atoms with van der Waals surface area (Å²) < 4.78 is 13.0. The molecule has 0 bridgehead atoms. The fourth-order valence-electron chi connectivity index (χ4n) is 1.95. The molecule has 0 heterocycles. The van der Waals surface area contributed by atoms with E-state index in [2.05, 4.69) is 0 Å². The fourth-order valence-corrected chi connectivity index (χ4v) is 1.95. The van der Waals surface area contributed by atoms with Crippen molar-refractivity contribution in [1.29, 1.82) is 0 Å².